The summed E-state index contributed by atoms with van der Waals surface area (Å²) in [6.07, 6.45) is 3.48. The summed E-state index contributed by atoms with van der Waals surface area (Å²) < 4.78 is 5.75. The number of nitrogens with zero attached hydrogens (tertiary/aromatic N) is 1. The van der Waals surface area contributed by atoms with E-state index in [2.05, 4.69) is 6.07 Å². The molecule has 2 N–H and O–H groups in total. The highest BCUT2D eigenvalue weighted by Gasteiger charge is 2.41. The number of nitrogens with two attached hydrogens (primary N) is 1. The van der Waals surface area contributed by atoms with Crippen LogP contribution in [0, 0.1) is 18.8 Å². The first-order valence-electron chi connectivity index (χ1n) is 8.17. The fourth-order valence-electron chi connectivity index (χ4n) is 4.11. The van der Waals surface area contributed by atoms with Crippen LogP contribution in [-0.4, -0.2) is 29.9 Å². The van der Waals surface area contributed by atoms with Crippen LogP contribution in [0.3, 0.4) is 0 Å². The van der Waals surface area contributed by atoms with E-state index in [-0.39, 0.29) is 11.9 Å². The van der Waals surface area contributed by atoms with Crippen molar-refractivity contribution in [1.82, 2.24) is 4.90 Å². The predicted octanol–water partition coefficient (Wildman–Crippen LogP) is 2.94. The summed E-state index contributed by atoms with van der Waals surface area (Å²) in [7, 11) is 0. The van der Waals surface area contributed by atoms with Crippen molar-refractivity contribution in [2.75, 3.05) is 13.1 Å². The molecule has 1 saturated heterocycles. The zero-order valence-corrected chi connectivity index (χ0v) is 12.9. The SMILES string of the molecule is Cc1ccc2oc(C(=O)N3CC4CCCC(N)C4C3)cc2c1. The van der Waals surface area contributed by atoms with Gasteiger partial charge in [-0.2, -0.15) is 0 Å². The first-order valence-corrected chi connectivity index (χ1v) is 8.17. The van der Waals surface area contributed by atoms with Crippen LogP contribution in [0.15, 0.2) is 28.7 Å². The van der Waals surface area contributed by atoms with E-state index in [1.54, 1.807) is 0 Å². The largest absolute Gasteiger partial charge is 0.451 e. The Balaban J connectivity index is 1.58. The standard InChI is InChI=1S/C18H22N2O2/c1-11-5-6-16-13(7-11)8-17(22-16)18(21)20-9-12-3-2-4-15(19)14(12)10-20/h5-8,12,14-15H,2-4,9-10,19H2,1H3. The van der Waals surface area contributed by atoms with Gasteiger partial charge in [0.05, 0.1) is 0 Å². The number of rotatable bonds is 1. The lowest BCUT2D eigenvalue weighted by Crippen LogP contribution is -2.38. The Morgan fingerprint density at radius 2 is 2.14 bits per heavy atom. The molecule has 1 aliphatic carbocycles. The molecule has 116 valence electrons. The topological polar surface area (TPSA) is 59.5 Å². The second kappa shape index (κ2) is 5.13. The van der Waals surface area contributed by atoms with Gasteiger partial charge in [-0.3, -0.25) is 4.79 Å². The van der Waals surface area contributed by atoms with E-state index in [0.717, 1.165) is 30.5 Å². The third kappa shape index (κ3) is 2.22. The monoisotopic (exact) mass is 298 g/mol. The van der Waals surface area contributed by atoms with Gasteiger partial charge in [0.2, 0.25) is 0 Å². The van der Waals surface area contributed by atoms with E-state index in [1.165, 1.54) is 18.4 Å². The molecule has 1 amide bonds. The maximum absolute atomic E-state index is 12.7. The van der Waals surface area contributed by atoms with Gasteiger partial charge in [0.1, 0.15) is 5.58 Å². The van der Waals surface area contributed by atoms with Gasteiger partial charge in [0, 0.05) is 24.5 Å². The number of amides is 1. The molecule has 1 aromatic heterocycles. The highest BCUT2D eigenvalue weighted by atomic mass is 16.3. The molecule has 1 aliphatic heterocycles. The minimum absolute atomic E-state index is 0.00968. The lowest BCUT2D eigenvalue weighted by Gasteiger charge is -2.29. The highest BCUT2D eigenvalue weighted by molar-refractivity contribution is 5.96. The number of hydrogen-bond acceptors (Lipinski definition) is 3. The predicted molar refractivity (Wildman–Crippen MR) is 85.7 cm³/mol. The van der Waals surface area contributed by atoms with Crippen molar-refractivity contribution in [3.63, 3.8) is 0 Å². The molecule has 4 nitrogen and oxygen atoms in total. The summed E-state index contributed by atoms with van der Waals surface area (Å²) in [5.74, 6) is 1.49. The summed E-state index contributed by atoms with van der Waals surface area (Å²) in [6.45, 7) is 3.65. The Kier molecular flexibility index (Phi) is 3.22. The fraction of sp³-hybridized carbons (Fsp3) is 0.500. The van der Waals surface area contributed by atoms with E-state index in [0.29, 0.717) is 17.6 Å². The molecule has 2 aromatic rings. The number of carbonyl (C=O) groups is 1. The average Bonchev–Trinajstić information content (AvgIpc) is 3.10. The number of hydrogen-bond donors (Lipinski definition) is 1. The molecule has 0 bridgehead atoms. The van der Waals surface area contributed by atoms with E-state index in [4.69, 9.17) is 10.2 Å². The Bertz CT molecular complexity index is 721. The molecule has 2 aliphatic rings. The van der Waals surface area contributed by atoms with Gasteiger partial charge in [-0.1, -0.05) is 18.1 Å². The van der Waals surface area contributed by atoms with Crippen LogP contribution in [0.1, 0.15) is 35.4 Å². The van der Waals surface area contributed by atoms with E-state index >= 15 is 0 Å². The number of benzene rings is 1. The molecular formula is C18H22N2O2. The Morgan fingerprint density at radius 3 is 2.95 bits per heavy atom. The van der Waals surface area contributed by atoms with Crippen LogP contribution in [0.5, 0.6) is 0 Å². The maximum Gasteiger partial charge on any atom is 0.289 e. The lowest BCUT2D eigenvalue weighted by atomic mass is 9.78. The van der Waals surface area contributed by atoms with Crippen LogP contribution in [-0.2, 0) is 0 Å². The van der Waals surface area contributed by atoms with Crippen molar-refractivity contribution in [2.45, 2.75) is 32.2 Å². The summed E-state index contributed by atoms with van der Waals surface area (Å²) >= 11 is 0. The van der Waals surface area contributed by atoms with Crippen molar-refractivity contribution in [3.8, 4) is 0 Å². The van der Waals surface area contributed by atoms with Crippen molar-refractivity contribution < 1.29 is 9.21 Å². The summed E-state index contributed by atoms with van der Waals surface area (Å²) in [5, 5.41) is 0.997. The van der Waals surface area contributed by atoms with Crippen molar-refractivity contribution in [2.24, 2.45) is 17.6 Å². The molecular weight excluding hydrogens is 276 g/mol. The molecule has 1 aromatic carbocycles. The van der Waals surface area contributed by atoms with Crippen molar-refractivity contribution in [1.29, 1.82) is 0 Å². The van der Waals surface area contributed by atoms with Gasteiger partial charge in [-0.25, -0.2) is 0 Å². The second-order valence-corrected chi connectivity index (χ2v) is 6.88. The first kappa shape index (κ1) is 13.8. The lowest BCUT2D eigenvalue weighted by molar-refractivity contribution is 0.0754. The zero-order valence-electron chi connectivity index (χ0n) is 12.9. The third-order valence-corrected chi connectivity index (χ3v) is 5.32. The molecule has 1 saturated carbocycles. The fourth-order valence-corrected chi connectivity index (χ4v) is 4.11. The van der Waals surface area contributed by atoms with Crippen LogP contribution >= 0.6 is 0 Å². The van der Waals surface area contributed by atoms with Gasteiger partial charge >= 0.3 is 0 Å². The number of furan rings is 1. The molecule has 4 rings (SSSR count). The van der Waals surface area contributed by atoms with E-state index in [9.17, 15) is 4.79 Å². The van der Waals surface area contributed by atoms with Crippen molar-refractivity contribution >= 4 is 16.9 Å². The Morgan fingerprint density at radius 1 is 1.27 bits per heavy atom. The minimum Gasteiger partial charge on any atom is -0.451 e. The number of likely N-dealkylation sites (tertiary alicyclic amines) is 1. The highest BCUT2D eigenvalue weighted by Crippen LogP contribution is 2.36. The zero-order chi connectivity index (χ0) is 15.3. The minimum atomic E-state index is 0.00968. The van der Waals surface area contributed by atoms with Gasteiger partial charge in [0.15, 0.2) is 5.76 Å². The molecule has 22 heavy (non-hydrogen) atoms. The smallest absolute Gasteiger partial charge is 0.289 e. The van der Waals surface area contributed by atoms with E-state index in [1.807, 2.05) is 30.0 Å². The maximum atomic E-state index is 12.7. The number of aryl methyl sites for hydroxylation is 1. The van der Waals surface area contributed by atoms with Crippen LogP contribution < -0.4 is 5.73 Å². The van der Waals surface area contributed by atoms with Crippen LogP contribution in [0.25, 0.3) is 11.0 Å². The third-order valence-electron chi connectivity index (χ3n) is 5.32. The molecule has 3 atom stereocenters. The average molecular weight is 298 g/mol. The first-order chi connectivity index (χ1) is 10.6. The molecule has 3 unspecified atom stereocenters. The quantitative estimate of drug-likeness (QED) is 0.880. The molecule has 2 heterocycles. The van der Waals surface area contributed by atoms with Gasteiger partial charge in [0.25, 0.3) is 5.91 Å². The normalized spacial score (nSPS) is 28.1. The number of fused-ring (bicyclic) bond motifs is 2. The molecule has 0 radical (unpaired) electrons. The molecule has 2 fully saturated rings. The molecule has 0 spiro atoms. The number of carbonyl (C=O) groups excluding carboxylic acids is 1. The molecule has 4 heteroatoms. The van der Waals surface area contributed by atoms with Gasteiger partial charge in [-0.05, 0) is 49.8 Å². The van der Waals surface area contributed by atoms with Crippen LogP contribution in [0.2, 0.25) is 0 Å². The Hall–Kier alpha value is -1.81. The Labute approximate surface area is 130 Å². The summed E-state index contributed by atoms with van der Waals surface area (Å²) in [6, 6.07) is 8.10. The summed E-state index contributed by atoms with van der Waals surface area (Å²) in [4.78, 5) is 14.7. The van der Waals surface area contributed by atoms with Gasteiger partial charge in [-0.15, -0.1) is 0 Å². The second-order valence-electron chi connectivity index (χ2n) is 6.88. The van der Waals surface area contributed by atoms with Crippen molar-refractivity contribution in [3.05, 3.63) is 35.6 Å². The van der Waals surface area contributed by atoms with Crippen LogP contribution in [0.4, 0.5) is 0 Å². The van der Waals surface area contributed by atoms with Gasteiger partial charge < -0.3 is 15.1 Å². The summed E-state index contributed by atoms with van der Waals surface area (Å²) in [5.41, 5.74) is 8.19. The van der Waals surface area contributed by atoms with E-state index < -0.39 is 0 Å².